The topological polar surface area (TPSA) is 38.5 Å². The minimum Gasteiger partial charge on any atom is -0.393 e. The SMILES string of the molecule is CN(CCC(N)=S)CC1OCCc2ccccc21. The summed E-state index contributed by atoms with van der Waals surface area (Å²) in [4.78, 5) is 2.80. The number of nitrogens with two attached hydrogens (primary N) is 1. The summed E-state index contributed by atoms with van der Waals surface area (Å²) in [7, 11) is 2.08. The zero-order valence-corrected chi connectivity index (χ0v) is 11.6. The first-order chi connectivity index (χ1) is 8.66. The van der Waals surface area contributed by atoms with Crippen LogP contribution in [0.15, 0.2) is 24.3 Å². The normalized spacial score (nSPS) is 18.7. The van der Waals surface area contributed by atoms with Crippen molar-refractivity contribution in [3.05, 3.63) is 35.4 Å². The van der Waals surface area contributed by atoms with Crippen LogP contribution in [-0.2, 0) is 11.2 Å². The molecule has 1 aliphatic heterocycles. The lowest BCUT2D eigenvalue weighted by Gasteiger charge is -2.29. The van der Waals surface area contributed by atoms with Crippen molar-refractivity contribution in [1.29, 1.82) is 0 Å². The van der Waals surface area contributed by atoms with E-state index in [-0.39, 0.29) is 6.10 Å². The first kappa shape index (κ1) is 13.5. The summed E-state index contributed by atoms with van der Waals surface area (Å²) in [5.41, 5.74) is 8.26. The lowest BCUT2D eigenvalue weighted by Crippen LogP contribution is -2.31. The third-order valence-electron chi connectivity index (χ3n) is 3.31. The maximum absolute atomic E-state index is 5.88. The lowest BCUT2D eigenvalue weighted by atomic mass is 9.97. The average molecular weight is 264 g/mol. The van der Waals surface area contributed by atoms with Crippen LogP contribution in [0, 0.1) is 0 Å². The van der Waals surface area contributed by atoms with Crippen LogP contribution >= 0.6 is 12.2 Å². The van der Waals surface area contributed by atoms with Gasteiger partial charge in [0.2, 0.25) is 0 Å². The van der Waals surface area contributed by atoms with Crippen molar-refractivity contribution in [3.8, 4) is 0 Å². The fraction of sp³-hybridized carbons (Fsp3) is 0.500. The lowest BCUT2D eigenvalue weighted by molar-refractivity contribution is 0.0216. The third kappa shape index (κ3) is 3.51. The maximum atomic E-state index is 5.88. The van der Waals surface area contributed by atoms with Gasteiger partial charge in [-0.15, -0.1) is 0 Å². The Morgan fingerprint density at radius 2 is 2.28 bits per heavy atom. The second-order valence-electron chi connectivity index (χ2n) is 4.79. The van der Waals surface area contributed by atoms with Gasteiger partial charge >= 0.3 is 0 Å². The van der Waals surface area contributed by atoms with Gasteiger partial charge < -0.3 is 15.4 Å². The van der Waals surface area contributed by atoms with Crippen molar-refractivity contribution < 1.29 is 4.74 Å². The molecule has 2 rings (SSSR count). The molecule has 1 heterocycles. The van der Waals surface area contributed by atoms with Crippen LogP contribution < -0.4 is 5.73 Å². The molecule has 1 aromatic carbocycles. The molecule has 3 nitrogen and oxygen atoms in total. The number of benzene rings is 1. The Morgan fingerprint density at radius 1 is 1.50 bits per heavy atom. The Hall–Kier alpha value is -0.970. The number of rotatable bonds is 5. The summed E-state index contributed by atoms with van der Waals surface area (Å²) in [5, 5.41) is 0. The van der Waals surface area contributed by atoms with Crippen LogP contribution in [0.4, 0.5) is 0 Å². The predicted molar refractivity (Wildman–Crippen MR) is 77.7 cm³/mol. The van der Waals surface area contributed by atoms with Gasteiger partial charge in [0.05, 0.1) is 17.7 Å². The van der Waals surface area contributed by atoms with Crippen LogP contribution in [0.5, 0.6) is 0 Å². The molecule has 0 radical (unpaired) electrons. The van der Waals surface area contributed by atoms with E-state index >= 15 is 0 Å². The van der Waals surface area contributed by atoms with Gasteiger partial charge in [0.25, 0.3) is 0 Å². The van der Waals surface area contributed by atoms with E-state index in [9.17, 15) is 0 Å². The van der Waals surface area contributed by atoms with Crippen molar-refractivity contribution in [3.63, 3.8) is 0 Å². The van der Waals surface area contributed by atoms with Crippen molar-refractivity contribution in [2.75, 3.05) is 26.7 Å². The second kappa shape index (κ2) is 6.27. The van der Waals surface area contributed by atoms with E-state index in [0.29, 0.717) is 4.99 Å². The second-order valence-corrected chi connectivity index (χ2v) is 5.31. The Bertz CT molecular complexity index is 422. The summed E-state index contributed by atoms with van der Waals surface area (Å²) in [5.74, 6) is 0. The molecule has 0 fully saturated rings. The predicted octanol–water partition coefficient (Wildman–Crippen LogP) is 1.91. The van der Waals surface area contributed by atoms with Gasteiger partial charge in [0.15, 0.2) is 0 Å². The van der Waals surface area contributed by atoms with Gasteiger partial charge in [0.1, 0.15) is 0 Å². The zero-order valence-electron chi connectivity index (χ0n) is 10.8. The summed E-state index contributed by atoms with van der Waals surface area (Å²) in [6.45, 7) is 2.59. The van der Waals surface area contributed by atoms with Crippen LogP contribution in [0.25, 0.3) is 0 Å². The van der Waals surface area contributed by atoms with Crippen LogP contribution in [0.1, 0.15) is 23.7 Å². The number of likely N-dealkylation sites (N-methyl/N-ethyl adjacent to an activating group) is 1. The Balaban J connectivity index is 1.96. The van der Waals surface area contributed by atoms with Gasteiger partial charge in [-0.05, 0) is 24.6 Å². The molecular formula is C14H20N2OS. The van der Waals surface area contributed by atoms with Gasteiger partial charge in [-0.2, -0.15) is 0 Å². The summed E-state index contributed by atoms with van der Waals surface area (Å²) >= 11 is 4.90. The Labute approximate surface area is 114 Å². The van der Waals surface area contributed by atoms with Gasteiger partial charge in [-0.1, -0.05) is 36.5 Å². The smallest absolute Gasteiger partial charge is 0.0954 e. The highest BCUT2D eigenvalue weighted by atomic mass is 32.1. The molecule has 18 heavy (non-hydrogen) atoms. The van der Waals surface area contributed by atoms with E-state index in [2.05, 4.69) is 36.2 Å². The molecule has 0 spiro atoms. The molecule has 2 N–H and O–H groups in total. The summed E-state index contributed by atoms with van der Waals surface area (Å²) < 4.78 is 5.88. The average Bonchev–Trinajstić information content (AvgIpc) is 2.37. The highest BCUT2D eigenvalue weighted by Crippen LogP contribution is 2.27. The van der Waals surface area contributed by atoms with Gasteiger partial charge in [-0.3, -0.25) is 0 Å². The molecule has 0 aromatic heterocycles. The minimum absolute atomic E-state index is 0.172. The molecule has 0 saturated carbocycles. The van der Waals surface area contributed by atoms with Gasteiger partial charge in [-0.25, -0.2) is 0 Å². The molecule has 0 aliphatic carbocycles. The Kier molecular flexibility index (Phi) is 4.69. The molecule has 1 aromatic rings. The van der Waals surface area contributed by atoms with E-state index in [4.69, 9.17) is 22.7 Å². The molecule has 1 unspecified atom stereocenters. The summed E-state index contributed by atoms with van der Waals surface area (Å²) in [6.07, 6.45) is 1.95. The van der Waals surface area contributed by atoms with Crippen molar-refractivity contribution in [2.24, 2.45) is 5.73 Å². The fourth-order valence-electron chi connectivity index (χ4n) is 2.30. The van der Waals surface area contributed by atoms with E-state index in [1.165, 1.54) is 11.1 Å². The quantitative estimate of drug-likeness (QED) is 0.825. The minimum atomic E-state index is 0.172. The van der Waals surface area contributed by atoms with Crippen molar-refractivity contribution in [1.82, 2.24) is 4.90 Å². The maximum Gasteiger partial charge on any atom is 0.0954 e. The van der Waals surface area contributed by atoms with Crippen LogP contribution in [0.3, 0.4) is 0 Å². The molecule has 98 valence electrons. The molecular weight excluding hydrogens is 244 g/mol. The van der Waals surface area contributed by atoms with Gasteiger partial charge in [0, 0.05) is 19.5 Å². The number of hydrogen-bond donors (Lipinski definition) is 1. The number of fused-ring (bicyclic) bond motifs is 1. The molecule has 0 amide bonds. The zero-order chi connectivity index (χ0) is 13.0. The van der Waals surface area contributed by atoms with Crippen LogP contribution in [-0.4, -0.2) is 36.6 Å². The van der Waals surface area contributed by atoms with Crippen LogP contribution in [0.2, 0.25) is 0 Å². The molecule has 4 heteroatoms. The van der Waals surface area contributed by atoms with E-state index in [1.807, 2.05) is 0 Å². The molecule has 1 aliphatic rings. The molecule has 0 bridgehead atoms. The van der Waals surface area contributed by atoms with E-state index in [0.717, 1.165) is 32.5 Å². The molecule has 1 atom stereocenters. The standard InChI is InChI=1S/C14H20N2OS/c1-16(8-6-14(15)18)10-13-12-5-3-2-4-11(12)7-9-17-13/h2-5,13H,6-10H2,1H3,(H2,15,18). The first-order valence-electron chi connectivity index (χ1n) is 6.33. The van der Waals surface area contributed by atoms with E-state index < -0.39 is 0 Å². The number of thiocarbonyl (C=S) groups is 1. The first-order valence-corrected chi connectivity index (χ1v) is 6.74. The number of hydrogen-bond acceptors (Lipinski definition) is 3. The number of ether oxygens (including phenoxy) is 1. The van der Waals surface area contributed by atoms with Crippen molar-refractivity contribution >= 4 is 17.2 Å². The summed E-state index contributed by atoms with van der Waals surface area (Å²) in [6, 6.07) is 8.54. The number of nitrogens with zero attached hydrogens (tertiary/aromatic N) is 1. The molecule has 0 saturated heterocycles. The largest absolute Gasteiger partial charge is 0.393 e. The highest BCUT2D eigenvalue weighted by molar-refractivity contribution is 7.80. The third-order valence-corrected chi connectivity index (χ3v) is 3.51. The van der Waals surface area contributed by atoms with Crippen molar-refractivity contribution in [2.45, 2.75) is 18.9 Å². The monoisotopic (exact) mass is 264 g/mol. The van der Waals surface area contributed by atoms with E-state index in [1.54, 1.807) is 0 Å². The highest BCUT2D eigenvalue weighted by Gasteiger charge is 2.21. The Morgan fingerprint density at radius 3 is 3.06 bits per heavy atom. The fourth-order valence-corrected chi connectivity index (χ4v) is 2.39.